The van der Waals surface area contributed by atoms with E-state index in [2.05, 4.69) is 27.8 Å². The fraction of sp³-hybridized carbons (Fsp3) is 0.241. The molecule has 0 fully saturated rings. The summed E-state index contributed by atoms with van der Waals surface area (Å²) in [5.41, 5.74) is 3.61. The highest BCUT2D eigenvalue weighted by Crippen LogP contribution is 2.35. The number of anilines is 3. The molecule has 3 rings (SSSR count). The van der Waals surface area contributed by atoms with E-state index in [1.54, 1.807) is 12.1 Å². The van der Waals surface area contributed by atoms with Gasteiger partial charge in [-0.05, 0) is 67.3 Å². The van der Waals surface area contributed by atoms with Gasteiger partial charge < -0.3 is 20.9 Å². The third kappa shape index (κ3) is 6.73. The molecular formula is C29H31F3N4O2. The fourth-order valence-corrected chi connectivity index (χ4v) is 4.49. The highest BCUT2D eigenvalue weighted by Gasteiger charge is 2.33. The largest absolute Gasteiger partial charge is 0.418 e. The van der Waals surface area contributed by atoms with Gasteiger partial charge in [-0.3, -0.25) is 4.79 Å². The second kappa shape index (κ2) is 12.3. The predicted octanol–water partition coefficient (Wildman–Crippen LogP) is 6.95. The molecule has 3 N–H and O–H groups in total. The van der Waals surface area contributed by atoms with Crippen LogP contribution in [0.2, 0.25) is 0 Å². The van der Waals surface area contributed by atoms with E-state index in [1.165, 1.54) is 18.2 Å². The number of nitrogens with zero attached hydrogens (tertiary/aromatic N) is 1. The van der Waals surface area contributed by atoms with Gasteiger partial charge in [0.1, 0.15) is 0 Å². The van der Waals surface area contributed by atoms with Gasteiger partial charge in [-0.1, -0.05) is 49.4 Å². The van der Waals surface area contributed by atoms with Crippen molar-refractivity contribution in [2.24, 2.45) is 0 Å². The van der Waals surface area contributed by atoms with E-state index in [9.17, 15) is 22.8 Å². The second-order valence-electron chi connectivity index (χ2n) is 8.84. The smallest absolute Gasteiger partial charge is 0.368 e. The highest BCUT2D eigenvalue weighted by molar-refractivity contribution is 6.00. The molecule has 0 bridgehead atoms. The van der Waals surface area contributed by atoms with Gasteiger partial charge in [0.05, 0.1) is 17.3 Å². The van der Waals surface area contributed by atoms with Gasteiger partial charge in [-0.2, -0.15) is 13.2 Å². The zero-order valence-electron chi connectivity index (χ0n) is 21.7. The Morgan fingerprint density at radius 1 is 1.08 bits per heavy atom. The number of carbonyl (C=O) groups is 2. The van der Waals surface area contributed by atoms with Crippen LogP contribution in [0, 0.1) is 6.92 Å². The zero-order chi connectivity index (χ0) is 27.9. The van der Waals surface area contributed by atoms with E-state index < -0.39 is 17.8 Å². The lowest BCUT2D eigenvalue weighted by Crippen LogP contribution is -2.34. The molecule has 0 saturated heterocycles. The molecule has 200 valence electrons. The maximum Gasteiger partial charge on any atom is 0.418 e. The molecule has 0 spiro atoms. The van der Waals surface area contributed by atoms with Crippen LogP contribution in [-0.2, 0) is 11.0 Å². The number of carbonyl (C=O) groups excluding carboxylic acids is 2. The summed E-state index contributed by atoms with van der Waals surface area (Å²) in [5, 5.41) is 7.71. The van der Waals surface area contributed by atoms with Crippen LogP contribution in [0.15, 0.2) is 89.7 Å². The molecule has 1 unspecified atom stereocenters. The van der Waals surface area contributed by atoms with Crippen LogP contribution >= 0.6 is 0 Å². The Bertz CT molecular complexity index is 1310. The number of nitrogens with one attached hydrogen (secondary N) is 3. The van der Waals surface area contributed by atoms with E-state index in [-0.39, 0.29) is 11.7 Å². The first-order valence-corrected chi connectivity index (χ1v) is 12.1. The summed E-state index contributed by atoms with van der Waals surface area (Å²) in [6, 6.07) is 9.32. The molecule has 9 heteroatoms. The van der Waals surface area contributed by atoms with Gasteiger partial charge >= 0.3 is 12.2 Å². The lowest BCUT2D eigenvalue weighted by Gasteiger charge is -2.33. The number of rotatable bonds is 8. The zero-order valence-corrected chi connectivity index (χ0v) is 21.7. The Balaban J connectivity index is 1.87. The summed E-state index contributed by atoms with van der Waals surface area (Å²) in [5.74, 6) is 0. The Kier molecular flexibility index (Phi) is 9.17. The number of allylic oxidation sites excluding steroid dienone is 5. The van der Waals surface area contributed by atoms with E-state index in [0.29, 0.717) is 17.8 Å². The lowest BCUT2D eigenvalue weighted by atomic mass is 9.95. The van der Waals surface area contributed by atoms with Gasteiger partial charge in [0.25, 0.3) is 0 Å². The number of likely N-dealkylation sites (N-methyl/N-ethyl adjacent to an activating group) is 1. The third-order valence-electron chi connectivity index (χ3n) is 6.36. The summed E-state index contributed by atoms with van der Waals surface area (Å²) in [6.07, 6.45) is 6.24. The van der Waals surface area contributed by atoms with Gasteiger partial charge in [-0.25, -0.2) is 4.79 Å². The number of alkyl halides is 3. The van der Waals surface area contributed by atoms with Crippen molar-refractivity contribution in [1.82, 2.24) is 5.32 Å². The molecule has 1 aliphatic carbocycles. The van der Waals surface area contributed by atoms with Crippen LogP contribution in [0.1, 0.15) is 31.4 Å². The van der Waals surface area contributed by atoms with Crippen LogP contribution in [0.5, 0.6) is 0 Å². The summed E-state index contributed by atoms with van der Waals surface area (Å²) in [4.78, 5) is 25.9. The maximum absolute atomic E-state index is 13.3. The molecule has 0 aromatic heterocycles. The Morgan fingerprint density at radius 3 is 2.50 bits per heavy atom. The van der Waals surface area contributed by atoms with Crippen molar-refractivity contribution in [2.45, 2.75) is 39.4 Å². The van der Waals surface area contributed by atoms with Crippen molar-refractivity contribution < 1.29 is 22.8 Å². The topological polar surface area (TPSA) is 73.5 Å². The van der Waals surface area contributed by atoms with Gasteiger partial charge in [0.2, 0.25) is 6.41 Å². The highest BCUT2D eigenvalue weighted by atomic mass is 19.4. The summed E-state index contributed by atoms with van der Waals surface area (Å²) in [7, 11) is 1.94. The van der Waals surface area contributed by atoms with E-state index >= 15 is 0 Å². The number of hydrogen-bond donors (Lipinski definition) is 3. The van der Waals surface area contributed by atoms with Gasteiger partial charge in [-0.15, -0.1) is 0 Å². The Morgan fingerprint density at radius 2 is 1.82 bits per heavy atom. The van der Waals surface area contributed by atoms with Crippen LogP contribution in [-0.4, -0.2) is 25.5 Å². The number of para-hydroxylation sites is 1. The minimum absolute atomic E-state index is 0.0500. The summed E-state index contributed by atoms with van der Waals surface area (Å²) >= 11 is 0. The monoisotopic (exact) mass is 524 g/mol. The first-order valence-electron chi connectivity index (χ1n) is 12.1. The van der Waals surface area contributed by atoms with Crippen molar-refractivity contribution >= 4 is 29.5 Å². The Labute approximate surface area is 220 Å². The number of amides is 3. The van der Waals surface area contributed by atoms with Crippen LogP contribution in [0.25, 0.3) is 0 Å². The number of urea groups is 1. The van der Waals surface area contributed by atoms with Crippen LogP contribution < -0.4 is 20.9 Å². The van der Waals surface area contributed by atoms with Crippen molar-refractivity contribution in [1.29, 1.82) is 0 Å². The molecule has 0 heterocycles. The van der Waals surface area contributed by atoms with Gasteiger partial charge in [0.15, 0.2) is 0 Å². The molecule has 3 amide bonds. The number of benzene rings is 2. The number of halogens is 3. The van der Waals surface area contributed by atoms with Crippen molar-refractivity contribution in [2.75, 3.05) is 22.6 Å². The second-order valence-corrected chi connectivity index (χ2v) is 8.84. The SMILES string of the molecule is CCC(/C(C)=C1\C=CC=CC=C1NC=O)N(C)c1cc(NC(=O)Nc2ccccc2C(F)(F)F)ccc1C. The lowest BCUT2D eigenvalue weighted by molar-refractivity contribution is -0.136. The minimum Gasteiger partial charge on any atom is -0.368 e. The number of hydrogen-bond acceptors (Lipinski definition) is 3. The molecule has 0 radical (unpaired) electrons. The molecule has 0 aliphatic heterocycles. The van der Waals surface area contributed by atoms with E-state index in [0.717, 1.165) is 34.9 Å². The standard InChI is InChI=1S/C29H31F3N4O2/c1-5-26(20(3)22-11-7-6-8-13-24(22)33-18-37)36(4)27-17-21(16-15-19(27)2)34-28(38)35-25-14-10-9-12-23(25)29(30,31)32/h6-18,26H,5H2,1-4H3,(H,33,37)(H2,34,35,38)/b22-20+. The summed E-state index contributed by atoms with van der Waals surface area (Å²) < 4.78 is 39.9. The molecule has 6 nitrogen and oxygen atoms in total. The molecule has 2 aromatic carbocycles. The maximum atomic E-state index is 13.3. The molecule has 38 heavy (non-hydrogen) atoms. The quantitative estimate of drug-likeness (QED) is 0.328. The molecule has 1 aliphatic rings. The summed E-state index contributed by atoms with van der Waals surface area (Å²) in [6.45, 7) is 6.02. The molecule has 0 saturated carbocycles. The minimum atomic E-state index is -4.59. The van der Waals surface area contributed by atoms with Crippen molar-refractivity contribution in [3.05, 3.63) is 101 Å². The molecular weight excluding hydrogens is 493 g/mol. The average molecular weight is 525 g/mol. The Hall–Kier alpha value is -4.27. The normalized spacial score (nSPS) is 15.2. The third-order valence-corrected chi connectivity index (χ3v) is 6.36. The predicted molar refractivity (Wildman–Crippen MR) is 146 cm³/mol. The fourth-order valence-electron chi connectivity index (χ4n) is 4.49. The molecule has 2 aromatic rings. The van der Waals surface area contributed by atoms with E-state index in [4.69, 9.17) is 0 Å². The average Bonchev–Trinajstić information content (AvgIpc) is 3.11. The van der Waals surface area contributed by atoms with Crippen molar-refractivity contribution in [3.63, 3.8) is 0 Å². The van der Waals surface area contributed by atoms with E-state index in [1.807, 2.05) is 57.3 Å². The number of aryl methyl sites for hydroxylation is 1. The van der Waals surface area contributed by atoms with Crippen LogP contribution in [0.4, 0.5) is 35.0 Å². The van der Waals surface area contributed by atoms with Crippen LogP contribution in [0.3, 0.4) is 0 Å². The van der Waals surface area contributed by atoms with Gasteiger partial charge in [0, 0.05) is 24.1 Å². The molecule has 1 atom stereocenters. The van der Waals surface area contributed by atoms with Crippen molar-refractivity contribution in [3.8, 4) is 0 Å². The first-order chi connectivity index (χ1) is 18.1. The first kappa shape index (κ1) is 28.3.